The van der Waals surface area contributed by atoms with Gasteiger partial charge in [-0.1, -0.05) is 6.92 Å². The molecule has 1 heterocycles. The number of fused-ring (bicyclic) bond motifs is 1. The molecule has 20 heavy (non-hydrogen) atoms. The van der Waals surface area contributed by atoms with Crippen LogP contribution in [0, 0.1) is 0 Å². The molecule has 0 saturated heterocycles. The van der Waals surface area contributed by atoms with Crippen molar-refractivity contribution < 1.29 is 22.7 Å². The Morgan fingerprint density at radius 1 is 1.40 bits per heavy atom. The second-order valence-corrected chi connectivity index (χ2v) is 4.74. The van der Waals surface area contributed by atoms with Crippen molar-refractivity contribution in [2.24, 2.45) is 0 Å². The fraction of sp³-hybridized carbons (Fsp3) is 0.500. The van der Waals surface area contributed by atoms with Gasteiger partial charge in [0.2, 0.25) is 5.91 Å². The molecular formula is C14H16F3NO2. The van der Waals surface area contributed by atoms with E-state index in [1.54, 1.807) is 4.90 Å². The molecule has 110 valence electrons. The van der Waals surface area contributed by atoms with E-state index in [9.17, 15) is 18.0 Å². The van der Waals surface area contributed by atoms with Gasteiger partial charge in [-0.25, -0.2) is 0 Å². The number of alkyl halides is 3. The maximum absolute atomic E-state index is 12.2. The number of ether oxygens (including phenoxy) is 1. The Balaban J connectivity index is 2.24. The first-order chi connectivity index (χ1) is 9.40. The highest BCUT2D eigenvalue weighted by Crippen LogP contribution is 2.33. The molecule has 1 amide bonds. The van der Waals surface area contributed by atoms with E-state index in [1.165, 1.54) is 18.2 Å². The first-order valence-electron chi connectivity index (χ1n) is 6.60. The van der Waals surface area contributed by atoms with Crippen molar-refractivity contribution in [1.29, 1.82) is 0 Å². The van der Waals surface area contributed by atoms with Crippen LogP contribution in [0.15, 0.2) is 18.2 Å². The van der Waals surface area contributed by atoms with Crippen LogP contribution in [0.3, 0.4) is 0 Å². The number of nitrogens with zero attached hydrogens (tertiary/aromatic N) is 1. The van der Waals surface area contributed by atoms with Crippen molar-refractivity contribution in [3.8, 4) is 5.75 Å². The Labute approximate surface area is 115 Å². The first kappa shape index (κ1) is 14.7. The van der Waals surface area contributed by atoms with Crippen LogP contribution in [0.25, 0.3) is 0 Å². The van der Waals surface area contributed by atoms with Gasteiger partial charge in [0.1, 0.15) is 5.75 Å². The summed E-state index contributed by atoms with van der Waals surface area (Å²) in [6, 6.07) is 4.15. The summed E-state index contributed by atoms with van der Waals surface area (Å²) in [6.45, 7) is 2.54. The Morgan fingerprint density at radius 2 is 2.15 bits per heavy atom. The minimum atomic E-state index is -4.69. The predicted molar refractivity (Wildman–Crippen MR) is 68.7 cm³/mol. The van der Waals surface area contributed by atoms with Crippen LogP contribution in [-0.4, -0.2) is 18.8 Å². The van der Waals surface area contributed by atoms with E-state index < -0.39 is 6.36 Å². The smallest absolute Gasteiger partial charge is 0.406 e. The molecule has 0 aromatic heterocycles. The number of halogens is 3. The van der Waals surface area contributed by atoms with Crippen molar-refractivity contribution in [3.63, 3.8) is 0 Å². The molecule has 2 rings (SSSR count). The zero-order valence-corrected chi connectivity index (χ0v) is 11.2. The number of aryl methyl sites for hydroxylation is 1. The summed E-state index contributed by atoms with van der Waals surface area (Å²) >= 11 is 0. The van der Waals surface area contributed by atoms with Crippen LogP contribution in [0.5, 0.6) is 5.75 Å². The number of hydrogen-bond acceptors (Lipinski definition) is 2. The Hall–Kier alpha value is -1.72. The average Bonchev–Trinajstić information content (AvgIpc) is 2.36. The van der Waals surface area contributed by atoms with Gasteiger partial charge in [-0.15, -0.1) is 13.2 Å². The lowest BCUT2D eigenvalue weighted by Crippen LogP contribution is -2.35. The van der Waals surface area contributed by atoms with Gasteiger partial charge in [-0.05, 0) is 43.0 Å². The van der Waals surface area contributed by atoms with Crippen molar-refractivity contribution >= 4 is 11.6 Å². The third-order valence-corrected chi connectivity index (χ3v) is 3.17. The summed E-state index contributed by atoms with van der Waals surface area (Å²) in [5.74, 6) is -0.223. The van der Waals surface area contributed by atoms with Gasteiger partial charge in [0.25, 0.3) is 0 Å². The van der Waals surface area contributed by atoms with Crippen molar-refractivity contribution in [2.45, 2.75) is 39.0 Å². The summed E-state index contributed by atoms with van der Waals surface area (Å²) < 4.78 is 40.5. The van der Waals surface area contributed by atoms with E-state index >= 15 is 0 Å². The second kappa shape index (κ2) is 5.73. The molecule has 1 aromatic rings. The van der Waals surface area contributed by atoms with Crippen LogP contribution < -0.4 is 9.64 Å². The van der Waals surface area contributed by atoms with Crippen LogP contribution >= 0.6 is 0 Å². The molecule has 0 saturated carbocycles. The lowest BCUT2D eigenvalue weighted by atomic mass is 10.0. The molecule has 0 unspecified atom stereocenters. The summed E-state index contributed by atoms with van der Waals surface area (Å²) in [4.78, 5) is 13.6. The van der Waals surface area contributed by atoms with E-state index in [1.807, 2.05) is 6.92 Å². The minimum Gasteiger partial charge on any atom is -0.406 e. The number of rotatable bonds is 3. The number of carbonyl (C=O) groups is 1. The molecular weight excluding hydrogens is 271 g/mol. The van der Waals surface area contributed by atoms with E-state index in [0.717, 1.165) is 18.4 Å². The topological polar surface area (TPSA) is 29.5 Å². The molecule has 0 aliphatic carbocycles. The molecule has 0 bridgehead atoms. The van der Waals surface area contributed by atoms with Gasteiger partial charge in [-0.3, -0.25) is 4.79 Å². The molecule has 0 atom stereocenters. The Kier molecular flexibility index (Phi) is 4.20. The van der Waals surface area contributed by atoms with E-state index in [-0.39, 0.29) is 11.7 Å². The van der Waals surface area contributed by atoms with E-state index in [2.05, 4.69) is 4.74 Å². The van der Waals surface area contributed by atoms with Gasteiger partial charge in [0.05, 0.1) is 0 Å². The SMILES string of the molecule is CCCC(=O)N1CCCc2cc(OC(F)(F)F)ccc21. The molecule has 6 heteroatoms. The standard InChI is InChI=1S/C14H16F3NO2/c1-2-4-13(19)18-8-3-5-10-9-11(6-7-12(10)18)20-14(15,16)17/h6-7,9H,2-5,8H2,1H3. The van der Waals surface area contributed by atoms with Crippen molar-refractivity contribution in [3.05, 3.63) is 23.8 Å². The van der Waals surface area contributed by atoms with Crippen LogP contribution in [-0.2, 0) is 11.2 Å². The van der Waals surface area contributed by atoms with Gasteiger partial charge < -0.3 is 9.64 Å². The second-order valence-electron chi connectivity index (χ2n) is 4.74. The summed E-state index contributed by atoms with van der Waals surface area (Å²) in [5, 5.41) is 0. The monoisotopic (exact) mass is 287 g/mol. The summed E-state index contributed by atoms with van der Waals surface area (Å²) in [7, 11) is 0. The normalized spacial score (nSPS) is 14.9. The number of hydrogen-bond donors (Lipinski definition) is 0. The molecule has 1 aromatic carbocycles. The number of carbonyl (C=O) groups excluding carboxylic acids is 1. The predicted octanol–water partition coefficient (Wildman–Crippen LogP) is 3.66. The van der Waals surface area contributed by atoms with Crippen LogP contribution in [0.2, 0.25) is 0 Å². The van der Waals surface area contributed by atoms with Crippen molar-refractivity contribution in [1.82, 2.24) is 0 Å². The Morgan fingerprint density at radius 3 is 2.80 bits per heavy atom. The van der Waals surface area contributed by atoms with Gasteiger partial charge >= 0.3 is 6.36 Å². The molecule has 1 aliphatic rings. The zero-order chi connectivity index (χ0) is 14.8. The molecule has 1 aliphatic heterocycles. The third kappa shape index (κ3) is 3.43. The fourth-order valence-corrected chi connectivity index (χ4v) is 2.38. The van der Waals surface area contributed by atoms with Crippen LogP contribution in [0.1, 0.15) is 31.7 Å². The maximum atomic E-state index is 12.2. The van der Waals surface area contributed by atoms with E-state index in [4.69, 9.17) is 0 Å². The van der Waals surface area contributed by atoms with Crippen LogP contribution in [0.4, 0.5) is 18.9 Å². The lowest BCUT2D eigenvalue weighted by Gasteiger charge is -2.30. The zero-order valence-electron chi connectivity index (χ0n) is 11.2. The number of benzene rings is 1. The van der Waals surface area contributed by atoms with Crippen molar-refractivity contribution in [2.75, 3.05) is 11.4 Å². The largest absolute Gasteiger partial charge is 0.573 e. The average molecular weight is 287 g/mol. The summed E-state index contributed by atoms with van der Waals surface area (Å²) in [5.41, 5.74) is 1.42. The van der Waals surface area contributed by atoms with Gasteiger partial charge in [0, 0.05) is 18.7 Å². The quantitative estimate of drug-likeness (QED) is 0.849. The number of amides is 1. The van der Waals surface area contributed by atoms with Gasteiger partial charge in [0.15, 0.2) is 0 Å². The number of anilines is 1. The lowest BCUT2D eigenvalue weighted by molar-refractivity contribution is -0.274. The molecule has 0 N–H and O–H groups in total. The Bertz CT molecular complexity index is 500. The molecule has 3 nitrogen and oxygen atoms in total. The van der Waals surface area contributed by atoms with E-state index in [0.29, 0.717) is 25.1 Å². The minimum absolute atomic E-state index is 0.0120. The highest BCUT2D eigenvalue weighted by molar-refractivity contribution is 5.94. The maximum Gasteiger partial charge on any atom is 0.573 e. The molecule has 0 spiro atoms. The summed E-state index contributed by atoms with van der Waals surface area (Å²) in [6.07, 6.45) is -2.10. The molecule has 0 fully saturated rings. The highest BCUT2D eigenvalue weighted by atomic mass is 19.4. The first-order valence-corrected chi connectivity index (χ1v) is 6.60. The highest BCUT2D eigenvalue weighted by Gasteiger charge is 2.32. The molecule has 0 radical (unpaired) electrons. The van der Waals surface area contributed by atoms with Gasteiger partial charge in [-0.2, -0.15) is 0 Å². The fourth-order valence-electron chi connectivity index (χ4n) is 2.38. The third-order valence-electron chi connectivity index (χ3n) is 3.17.